The van der Waals surface area contributed by atoms with Crippen LogP contribution in [0.15, 0.2) is 126 Å². The molecule has 378 valence electrons. The first-order chi connectivity index (χ1) is 34.3. The highest BCUT2D eigenvalue weighted by Gasteiger charge is 2.39. The molecule has 0 bridgehead atoms. The fourth-order valence-electron chi connectivity index (χ4n) is 9.68. The lowest BCUT2D eigenvalue weighted by Gasteiger charge is -2.27. The van der Waals surface area contributed by atoms with E-state index < -0.39 is 42.4 Å². The number of nitrogens with one attached hydrogen (secondary N) is 3. The molecule has 3 aromatic carbocycles. The molecule has 71 heavy (non-hydrogen) atoms. The highest BCUT2D eigenvalue weighted by atomic mass is 16.5. The van der Waals surface area contributed by atoms with Gasteiger partial charge in [-0.05, 0) is 111 Å². The third kappa shape index (κ3) is 15.0. The molecule has 0 fully saturated rings. The molecule has 2 aliphatic heterocycles. The minimum absolute atomic E-state index is 0.0584. The molecule has 14 heteroatoms. The van der Waals surface area contributed by atoms with Crippen LogP contribution in [0.3, 0.4) is 0 Å². The summed E-state index contributed by atoms with van der Waals surface area (Å²) in [6.07, 6.45) is 19.3. The number of unbranched alkanes of at least 4 members (excludes halogenated alkanes) is 5. The highest BCUT2D eigenvalue weighted by Crippen LogP contribution is 2.48. The fourth-order valence-corrected chi connectivity index (χ4v) is 9.68. The SMILES string of the molecule is CCCCCN1/C(=C/C=C2\CCCC(/C=C/C3=[N+](CCCCCC(=O)NCCCC[C@H](NC(=O)N[C@@H](CCC(=O)O)C(=O)O)C(=O)O)c4ccccc4C3)=C2Oc2ccccc2)C(C)(C)c2ccccc21. The van der Waals surface area contributed by atoms with Gasteiger partial charge >= 0.3 is 23.9 Å². The molecule has 3 amide bonds. The van der Waals surface area contributed by atoms with Gasteiger partial charge in [0.25, 0.3) is 0 Å². The maximum atomic E-state index is 12.7. The van der Waals surface area contributed by atoms with E-state index in [0.29, 0.717) is 32.2 Å². The number of hydrogen-bond donors (Lipinski definition) is 6. The fraction of sp³-hybridized carbons (Fsp3) is 0.439. The summed E-state index contributed by atoms with van der Waals surface area (Å²) >= 11 is 0. The summed E-state index contributed by atoms with van der Waals surface area (Å²) in [6.45, 7) is 9.07. The number of carboxylic acids is 3. The smallest absolute Gasteiger partial charge is 0.326 e. The number of amides is 3. The van der Waals surface area contributed by atoms with Crippen molar-refractivity contribution in [1.82, 2.24) is 16.0 Å². The van der Waals surface area contributed by atoms with Crippen molar-refractivity contribution in [3.8, 4) is 5.75 Å². The first-order valence-corrected chi connectivity index (χ1v) is 25.4. The second-order valence-electron chi connectivity index (χ2n) is 19.1. The van der Waals surface area contributed by atoms with Gasteiger partial charge in [0.2, 0.25) is 11.6 Å². The maximum absolute atomic E-state index is 12.7. The van der Waals surface area contributed by atoms with Crippen molar-refractivity contribution in [3.05, 3.63) is 137 Å². The third-order valence-electron chi connectivity index (χ3n) is 13.5. The molecule has 2 atom stereocenters. The van der Waals surface area contributed by atoms with E-state index in [1.165, 1.54) is 57.9 Å². The first-order valence-electron chi connectivity index (χ1n) is 25.4. The largest absolute Gasteiger partial charge is 0.481 e. The number of benzene rings is 3. The zero-order valence-corrected chi connectivity index (χ0v) is 41.6. The summed E-state index contributed by atoms with van der Waals surface area (Å²) in [5, 5.41) is 35.0. The van der Waals surface area contributed by atoms with Gasteiger partial charge in [-0.2, -0.15) is 4.58 Å². The van der Waals surface area contributed by atoms with Crippen LogP contribution in [-0.4, -0.2) is 87.2 Å². The van der Waals surface area contributed by atoms with E-state index >= 15 is 0 Å². The Morgan fingerprint density at radius 3 is 2.23 bits per heavy atom. The number of para-hydroxylation sites is 3. The second-order valence-corrected chi connectivity index (χ2v) is 19.1. The Morgan fingerprint density at radius 2 is 1.48 bits per heavy atom. The van der Waals surface area contributed by atoms with Crippen LogP contribution in [0.5, 0.6) is 5.75 Å². The molecular weight excluding hydrogens is 899 g/mol. The van der Waals surface area contributed by atoms with Gasteiger partial charge in [0.05, 0.1) is 6.42 Å². The Kier molecular flexibility index (Phi) is 19.8. The number of ether oxygens (including phenoxy) is 1. The molecule has 0 aromatic heterocycles. The minimum atomic E-state index is -1.48. The Hall–Kier alpha value is -6.96. The van der Waals surface area contributed by atoms with E-state index in [2.05, 4.69) is 119 Å². The number of carbonyl (C=O) groups excluding carboxylic acids is 2. The van der Waals surface area contributed by atoms with Crippen LogP contribution in [0.4, 0.5) is 16.2 Å². The minimum Gasteiger partial charge on any atom is -0.481 e. The topological polar surface area (TPSA) is 198 Å². The summed E-state index contributed by atoms with van der Waals surface area (Å²) in [5.41, 5.74) is 9.93. The predicted octanol–water partition coefficient (Wildman–Crippen LogP) is 10.1. The lowest BCUT2D eigenvalue weighted by molar-refractivity contribution is -0.437. The number of anilines is 1. The van der Waals surface area contributed by atoms with Gasteiger partial charge in [0.1, 0.15) is 30.1 Å². The molecule has 3 aliphatic rings. The van der Waals surface area contributed by atoms with Crippen LogP contribution in [0, 0.1) is 0 Å². The Bertz CT molecular complexity index is 2520. The van der Waals surface area contributed by atoms with Crippen molar-refractivity contribution >= 4 is 46.9 Å². The highest BCUT2D eigenvalue weighted by molar-refractivity contribution is 5.96. The molecule has 6 N–H and O–H groups in total. The molecule has 1 aliphatic carbocycles. The van der Waals surface area contributed by atoms with Gasteiger partial charge < -0.3 is 40.9 Å². The van der Waals surface area contributed by atoms with Crippen molar-refractivity contribution in [2.45, 2.75) is 141 Å². The maximum Gasteiger partial charge on any atom is 0.326 e. The average molecular weight is 971 g/mol. The van der Waals surface area contributed by atoms with Crippen molar-refractivity contribution < 1.29 is 48.6 Å². The van der Waals surface area contributed by atoms with E-state index in [1.54, 1.807) is 0 Å². The van der Waals surface area contributed by atoms with E-state index in [0.717, 1.165) is 69.5 Å². The molecule has 0 radical (unpaired) electrons. The molecule has 3 aromatic rings. The lowest BCUT2D eigenvalue weighted by atomic mass is 9.83. The molecule has 0 unspecified atom stereocenters. The molecule has 6 rings (SSSR count). The summed E-state index contributed by atoms with van der Waals surface area (Å²) in [6, 6.07) is 23.7. The zero-order valence-electron chi connectivity index (χ0n) is 41.6. The quantitative estimate of drug-likeness (QED) is 0.0316. The number of fused-ring (bicyclic) bond motifs is 2. The zero-order chi connectivity index (χ0) is 50.8. The van der Waals surface area contributed by atoms with E-state index in [4.69, 9.17) is 9.84 Å². The van der Waals surface area contributed by atoms with Gasteiger partial charge in [-0.25, -0.2) is 14.4 Å². The third-order valence-corrected chi connectivity index (χ3v) is 13.5. The number of urea groups is 1. The van der Waals surface area contributed by atoms with Crippen LogP contribution in [-0.2, 0) is 31.0 Å². The van der Waals surface area contributed by atoms with Crippen LogP contribution < -0.4 is 25.6 Å². The average Bonchev–Trinajstić information content (AvgIpc) is 3.81. The first kappa shape index (κ1) is 53.4. The van der Waals surface area contributed by atoms with Crippen LogP contribution >= 0.6 is 0 Å². The van der Waals surface area contributed by atoms with Gasteiger partial charge in [-0.15, -0.1) is 0 Å². The van der Waals surface area contributed by atoms with Gasteiger partial charge in [-0.1, -0.05) is 94.3 Å². The second kappa shape index (κ2) is 26.3. The van der Waals surface area contributed by atoms with Crippen molar-refractivity contribution in [2.75, 3.05) is 24.5 Å². The van der Waals surface area contributed by atoms with E-state index in [9.17, 15) is 34.2 Å². The molecule has 0 spiro atoms. The molecule has 2 heterocycles. The molecule has 0 saturated carbocycles. The van der Waals surface area contributed by atoms with E-state index in [-0.39, 0.29) is 24.2 Å². The van der Waals surface area contributed by atoms with Crippen LogP contribution in [0.1, 0.15) is 128 Å². The van der Waals surface area contributed by atoms with E-state index in [1.807, 2.05) is 30.3 Å². The number of carboxylic acid groups (broad SMARTS) is 3. The van der Waals surface area contributed by atoms with Crippen molar-refractivity contribution in [1.29, 1.82) is 0 Å². The Balaban J connectivity index is 1.06. The molecular formula is C57H72N5O9+. The van der Waals surface area contributed by atoms with Gasteiger partial charge in [-0.3, -0.25) is 9.59 Å². The standard InChI is InChI=1S/C57H71N5O9/c1-4-5-17-38-62-49-28-14-12-25-45(49)57(2,3)50(62)34-31-41-22-19-21-40(53(41)71-44-23-8-6-9-24-44)30-32-43-39-42-20-11-13-27-48(42)61(43)37-18-7-10-29-51(63)58-36-16-15-26-46(54(66)67)59-56(70)60-47(55(68)69)33-35-52(64)65/h6,8-9,11-14,20,23-25,27-28,30-32,34,46-47H,4-5,7,10,15-19,21-22,26,29,33,35-39H2,1-3H3,(H5-,58,59,60,63,64,65,66,67,68,69,70)/p+1/t46-,47-/m0/s1. The van der Waals surface area contributed by atoms with Gasteiger partial charge in [0.15, 0.2) is 5.71 Å². The molecule has 14 nitrogen and oxygen atoms in total. The summed E-state index contributed by atoms with van der Waals surface area (Å²) in [7, 11) is 0. The number of aliphatic carboxylic acids is 3. The van der Waals surface area contributed by atoms with Crippen molar-refractivity contribution in [2.24, 2.45) is 0 Å². The summed E-state index contributed by atoms with van der Waals surface area (Å²) < 4.78 is 9.23. The monoisotopic (exact) mass is 971 g/mol. The number of nitrogens with zero attached hydrogens (tertiary/aromatic N) is 2. The normalized spacial score (nSPS) is 17.0. The predicted molar refractivity (Wildman–Crippen MR) is 276 cm³/mol. The number of hydrogen-bond acceptors (Lipinski definition) is 7. The Morgan fingerprint density at radius 1 is 0.761 bits per heavy atom. The Labute approximate surface area is 418 Å². The number of rotatable bonds is 27. The summed E-state index contributed by atoms with van der Waals surface area (Å²) in [4.78, 5) is 61.5. The van der Waals surface area contributed by atoms with Crippen molar-refractivity contribution in [3.63, 3.8) is 0 Å². The number of carbonyl (C=O) groups is 5. The van der Waals surface area contributed by atoms with Gasteiger partial charge in [0, 0.05) is 66.9 Å². The number of allylic oxidation sites excluding steroid dienone is 7. The van der Waals surface area contributed by atoms with Crippen LogP contribution in [0.2, 0.25) is 0 Å². The lowest BCUT2D eigenvalue weighted by Crippen LogP contribution is -2.51. The molecule has 0 saturated heterocycles. The summed E-state index contributed by atoms with van der Waals surface area (Å²) in [5.74, 6) is -2.28. The van der Waals surface area contributed by atoms with Crippen LogP contribution in [0.25, 0.3) is 0 Å².